The molecule has 1 aliphatic rings. The molecule has 1 N–H and O–H groups in total. The van der Waals surface area contributed by atoms with Crippen LogP contribution >= 0.6 is 23.7 Å². The summed E-state index contributed by atoms with van der Waals surface area (Å²) < 4.78 is 17.4. The molecule has 146 valence electrons. The first-order valence-corrected chi connectivity index (χ1v) is 10.1. The molecule has 3 aromatic heterocycles. The summed E-state index contributed by atoms with van der Waals surface area (Å²) in [4.78, 5) is 9.03. The van der Waals surface area contributed by atoms with E-state index in [2.05, 4.69) is 27.3 Å². The van der Waals surface area contributed by atoms with Crippen LogP contribution in [0.25, 0.3) is 27.1 Å². The predicted octanol–water partition coefficient (Wildman–Crippen LogP) is 4.73. The fraction of sp³-hybridized carbons (Fsp3) is 0.350. The molecule has 1 unspecified atom stereocenters. The van der Waals surface area contributed by atoms with Crippen LogP contribution in [0.3, 0.4) is 0 Å². The van der Waals surface area contributed by atoms with Crippen molar-refractivity contribution in [2.24, 2.45) is 0 Å². The van der Waals surface area contributed by atoms with Crippen LogP contribution in [0.2, 0.25) is 0 Å². The van der Waals surface area contributed by atoms with Gasteiger partial charge in [-0.15, -0.1) is 23.7 Å². The number of nitrogens with one attached hydrogen (secondary N) is 1. The summed E-state index contributed by atoms with van der Waals surface area (Å²) in [6.07, 6.45) is 3.97. The van der Waals surface area contributed by atoms with Gasteiger partial charge in [-0.05, 0) is 57.5 Å². The van der Waals surface area contributed by atoms with Crippen LogP contribution in [0.15, 0.2) is 30.5 Å². The third-order valence-corrected chi connectivity index (χ3v) is 6.34. The second-order valence-electron chi connectivity index (χ2n) is 7.34. The summed E-state index contributed by atoms with van der Waals surface area (Å²) in [5.74, 6) is 0.126. The zero-order valence-corrected chi connectivity index (χ0v) is 17.3. The Labute approximate surface area is 172 Å². The number of nitrogens with zero attached hydrogens (tertiary/aromatic N) is 4. The minimum Gasteiger partial charge on any atom is -0.314 e. The lowest BCUT2D eigenvalue weighted by Gasteiger charge is -2.26. The molecule has 8 heteroatoms. The number of imidazole rings is 1. The van der Waals surface area contributed by atoms with Crippen LogP contribution in [-0.4, -0.2) is 32.2 Å². The number of aromatic nitrogens is 4. The molecular weight excluding hydrogens is 397 g/mol. The minimum atomic E-state index is -0.282. The van der Waals surface area contributed by atoms with Crippen molar-refractivity contribution in [3.63, 3.8) is 0 Å². The molecule has 0 radical (unpaired) electrons. The first kappa shape index (κ1) is 19.2. The highest BCUT2D eigenvalue weighted by Gasteiger charge is 2.24. The fourth-order valence-electron chi connectivity index (χ4n) is 3.84. The van der Waals surface area contributed by atoms with Gasteiger partial charge < -0.3 is 5.32 Å². The zero-order valence-electron chi connectivity index (χ0n) is 15.6. The van der Waals surface area contributed by atoms with E-state index in [1.165, 1.54) is 6.07 Å². The molecular formula is C20H21ClFN5S. The van der Waals surface area contributed by atoms with Gasteiger partial charge in [0.15, 0.2) is 11.5 Å². The topological polar surface area (TPSA) is 55.1 Å². The van der Waals surface area contributed by atoms with E-state index in [-0.39, 0.29) is 18.2 Å². The van der Waals surface area contributed by atoms with Crippen molar-refractivity contribution in [3.05, 3.63) is 47.0 Å². The number of hydrogen-bond donors (Lipinski definition) is 1. The Morgan fingerprint density at radius 2 is 2.11 bits per heavy atom. The van der Waals surface area contributed by atoms with Crippen molar-refractivity contribution in [1.82, 2.24) is 24.9 Å². The lowest BCUT2D eigenvalue weighted by atomic mass is 9.94. The standard InChI is InChI=1S/C20H20FN5S.ClH/c1-11-7-13(5-6-22-11)20-24-19-15(21)8-14(9-17(19)27-20)16-3-4-18-23-12(2)10-26(18)25-16;/h3-4,8-11,13,22H,5-7H2,1-2H3;1H/t11-,13?;/m1./s1. The molecule has 0 amide bonds. The number of thiazole rings is 1. The Bertz CT molecular complexity index is 1150. The Hall–Kier alpha value is -2.09. The molecule has 4 aromatic rings. The van der Waals surface area contributed by atoms with Crippen LogP contribution in [0.4, 0.5) is 4.39 Å². The second-order valence-corrected chi connectivity index (χ2v) is 8.40. The lowest BCUT2D eigenvalue weighted by Crippen LogP contribution is -2.34. The van der Waals surface area contributed by atoms with Gasteiger partial charge in [-0.2, -0.15) is 5.10 Å². The van der Waals surface area contributed by atoms with E-state index >= 15 is 0 Å². The highest BCUT2D eigenvalue weighted by atomic mass is 35.5. The normalized spacial score (nSPS) is 19.8. The summed E-state index contributed by atoms with van der Waals surface area (Å²) in [5.41, 5.74) is 3.67. The smallest absolute Gasteiger partial charge is 0.153 e. The molecule has 1 aromatic carbocycles. The maximum atomic E-state index is 14.8. The van der Waals surface area contributed by atoms with E-state index in [0.29, 0.717) is 17.5 Å². The third-order valence-electron chi connectivity index (χ3n) is 5.17. The summed E-state index contributed by atoms with van der Waals surface area (Å²) in [6.45, 7) is 5.11. The average molecular weight is 418 g/mol. The molecule has 2 atom stereocenters. The van der Waals surface area contributed by atoms with Gasteiger partial charge in [0.25, 0.3) is 0 Å². The van der Waals surface area contributed by atoms with Crippen molar-refractivity contribution < 1.29 is 4.39 Å². The molecule has 1 fully saturated rings. The van der Waals surface area contributed by atoms with Crippen molar-refractivity contribution in [2.45, 2.75) is 38.6 Å². The Balaban J connectivity index is 0.00000192. The zero-order chi connectivity index (χ0) is 18.5. The lowest BCUT2D eigenvalue weighted by molar-refractivity contribution is 0.381. The number of piperidine rings is 1. The number of halogens is 2. The van der Waals surface area contributed by atoms with Crippen LogP contribution in [0.5, 0.6) is 0 Å². The Kier molecular flexibility index (Phi) is 5.07. The molecule has 0 spiro atoms. The molecule has 0 aliphatic carbocycles. The highest BCUT2D eigenvalue weighted by molar-refractivity contribution is 7.18. The van der Waals surface area contributed by atoms with Crippen LogP contribution in [0, 0.1) is 12.7 Å². The van der Waals surface area contributed by atoms with Gasteiger partial charge in [0, 0.05) is 17.5 Å². The van der Waals surface area contributed by atoms with E-state index in [0.717, 1.165) is 51.7 Å². The SMILES string of the molecule is Cc1cn2nc(-c3cc(F)c4nc(C5CCN[C@H](C)C5)sc4c3)ccc2n1.Cl. The Morgan fingerprint density at radius 3 is 2.93 bits per heavy atom. The van der Waals surface area contributed by atoms with Gasteiger partial charge in [-0.25, -0.2) is 18.9 Å². The van der Waals surface area contributed by atoms with E-state index in [1.807, 2.05) is 31.3 Å². The van der Waals surface area contributed by atoms with E-state index in [4.69, 9.17) is 0 Å². The summed E-state index contributed by atoms with van der Waals surface area (Å²) >= 11 is 1.61. The number of hydrogen-bond acceptors (Lipinski definition) is 5. The predicted molar refractivity (Wildman–Crippen MR) is 113 cm³/mol. The van der Waals surface area contributed by atoms with Gasteiger partial charge >= 0.3 is 0 Å². The van der Waals surface area contributed by atoms with Crippen LogP contribution in [-0.2, 0) is 0 Å². The van der Waals surface area contributed by atoms with Gasteiger partial charge in [-0.1, -0.05) is 0 Å². The molecule has 5 rings (SSSR count). The van der Waals surface area contributed by atoms with E-state index < -0.39 is 0 Å². The number of rotatable bonds is 2. The number of benzene rings is 1. The number of aryl methyl sites for hydroxylation is 1. The minimum absolute atomic E-state index is 0. The quantitative estimate of drug-likeness (QED) is 0.512. The van der Waals surface area contributed by atoms with Crippen LogP contribution < -0.4 is 5.32 Å². The molecule has 0 saturated carbocycles. The summed E-state index contributed by atoms with van der Waals surface area (Å²) in [5, 5.41) is 9.09. The summed E-state index contributed by atoms with van der Waals surface area (Å²) in [7, 11) is 0. The van der Waals surface area contributed by atoms with E-state index in [1.54, 1.807) is 15.9 Å². The maximum absolute atomic E-state index is 14.8. The maximum Gasteiger partial charge on any atom is 0.153 e. The first-order valence-electron chi connectivity index (χ1n) is 9.23. The van der Waals surface area contributed by atoms with Crippen molar-refractivity contribution in [3.8, 4) is 11.3 Å². The average Bonchev–Trinajstić information content (AvgIpc) is 3.23. The summed E-state index contributed by atoms with van der Waals surface area (Å²) in [6, 6.07) is 7.81. The first-order chi connectivity index (χ1) is 13.1. The Morgan fingerprint density at radius 1 is 1.25 bits per heavy atom. The molecule has 5 nitrogen and oxygen atoms in total. The van der Waals surface area contributed by atoms with E-state index in [9.17, 15) is 4.39 Å². The van der Waals surface area contributed by atoms with Crippen LogP contribution in [0.1, 0.15) is 36.4 Å². The van der Waals surface area contributed by atoms with Crippen molar-refractivity contribution in [2.75, 3.05) is 6.54 Å². The number of fused-ring (bicyclic) bond motifs is 2. The van der Waals surface area contributed by atoms with Gasteiger partial charge in [0.1, 0.15) is 5.52 Å². The largest absolute Gasteiger partial charge is 0.314 e. The second kappa shape index (κ2) is 7.39. The molecule has 4 heterocycles. The van der Waals surface area contributed by atoms with Crippen molar-refractivity contribution >= 4 is 39.6 Å². The molecule has 28 heavy (non-hydrogen) atoms. The third kappa shape index (κ3) is 3.38. The monoisotopic (exact) mass is 417 g/mol. The van der Waals surface area contributed by atoms with Gasteiger partial charge in [-0.3, -0.25) is 0 Å². The highest BCUT2D eigenvalue weighted by Crippen LogP contribution is 2.36. The van der Waals surface area contributed by atoms with Gasteiger partial charge in [0.2, 0.25) is 0 Å². The molecule has 0 bridgehead atoms. The molecule has 1 saturated heterocycles. The molecule has 1 aliphatic heterocycles. The fourth-order valence-corrected chi connectivity index (χ4v) is 5.01. The van der Waals surface area contributed by atoms with Crippen molar-refractivity contribution in [1.29, 1.82) is 0 Å². The van der Waals surface area contributed by atoms with Gasteiger partial charge in [0.05, 0.1) is 27.3 Å².